The van der Waals surface area contributed by atoms with Crippen LogP contribution < -0.4 is 0 Å². The van der Waals surface area contributed by atoms with Gasteiger partial charge < -0.3 is 9.84 Å². The molecule has 0 saturated heterocycles. The van der Waals surface area contributed by atoms with E-state index in [0.29, 0.717) is 13.2 Å². The highest BCUT2D eigenvalue weighted by Crippen LogP contribution is 1.97. The van der Waals surface area contributed by atoms with Crippen molar-refractivity contribution < 1.29 is 14.6 Å². The Hall–Kier alpha value is -0.610. The lowest BCUT2D eigenvalue weighted by Gasteiger charge is -2.24. The largest absolute Gasteiger partial charge is 0.480 e. The number of hydrogen-bond acceptors (Lipinski definition) is 3. The number of carboxylic acids is 1. The molecule has 4 nitrogen and oxygen atoms in total. The molecule has 0 amide bonds. The van der Waals surface area contributed by atoms with Gasteiger partial charge in [-0.2, -0.15) is 0 Å². The minimum atomic E-state index is -0.783. The summed E-state index contributed by atoms with van der Waals surface area (Å²) in [7, 11) is 0. The number of carbonyl (C=O) groups is 1. The van der Waals surface area contributed by atoms with Gasteiger partial charge in [0, 0.05) is 19.2 Å². The van der Waals surface area contributed by atoms with Gasteiger partial charge >= 0.3 is 5.97 Å². The van der Waals surface area contributed by atoms with E-state index >= 15 is 0 Å². The smallest absolute Gasteiger partial charge is 0.317 e. The summed E-state index contributed by atoms with van der Waals surface area (Å²) in [6, 6.07) is 0.247. The predicted molar refractivity (Wildman–Crippen MR) is 55.5 cm³/mol. The Kier molecular flexibility index (Phi) is 7.42. The number of rotatable bonds is 8. The Labute approximate surface area is 85.9 Å². The Morgan fingerprint density at radius 3 is 2.50 bits per heavy atom. The van der Waals surface area contributed by atoms with Gasteiger partial charge in [0.15, 0.2) is 0 Å². The van der Waals surface area contributed by atoms with E-state index in [9.17, 15) is 4.79 Å². The fraction of sp³-hybridized carbons (Fsp3) is 0.900. The van der Waals surface area contributed by atoms with Crippen LogP contribution in [0.15, 0.2) is 0 Å². The molecule has 14 heavy (non-hydrogen) atoms. The summed E-state index contributed by atoms with van der Waals surface area (Å²) >= 11 is 0. The van der Waals surface area contributed by atoms with Crippen molar-refractivity contribution in [1.29, 1.82) is 0 Å². The Morgan fingerprint density at radius 1 is 1.43 bits per heavy atom. The van der Waals surface area contributed by atoms with Crippen LogP contribution in [0.3, 0.4) is 0 Å². The lowest BCUT2D eigenvalue weighted by Crippen LogP contribution is -2.38. The summed E-state index contributed by atoms with van der Waals surface area (Å²) in [6.45, 7) is 8.17. The highest BCUT2D eigenvalue weighted by molar-refractivity contribution is 5.69. The predicted octanol–water partition coefficient (Wildman–Crippen LogP) is 1.21. The van der Waals surface area contributed by atoms with Crippen molar-refractivity contribution in [3.8, 4) is 0 Å². The summed E-state index contributed by atoms with van der Waals surface area (Å²) in [5, 5.41) is 8.65. The van der Waals surface area contributed by atoms with E-state index in [-0.39, 0.29) is 12.6 Å². The molecule has 0 aliphatic carbocycles. The van der Waals surface area contributed by atoms with E-state index in [1.807, 2.05) is 18.7 Å². The normalized spacial score (nSPS) is 11.2. The minimum absolute atomic E-state index is 0.0904. The van der Waals surface area contributed by atoms with Crippen molar-refractivity contribution >= 4 is 5.97 Å². The number of aliphatic carboxylic acids is 1. The molecule has 0 bridgehead atoms. The summed E-state index contributed by atoms with van der Waals surface area (Å²) in [5.41, 5.74) is 0. The monoisotopic (exact) mass is 203 g/mol. The third-order valence-electron chi connectivity index (χ3n) is 1.94. The highest BCUT2D eigenvalue weighted by atomic mass is 16.5. The molecule has 0 aromatic heterocycles. The molecule has 0 rings (SSSR count). The molecule has 0 aromatic carbocycles. The molecule has 84 valence electrons. The van der Waals surface area contributed by atoms with E-state index in [0.717, 1.165) is 13.0 Å². The molecule has 0 aliphatic heterocycles. The van der Waals surface area contributed by atoms with E-state index in [1.54, 1.807) is 0 Å². The van der Waals surface area contributed by atoms with Crippen molar-refractivity contribution in [3.05, 3.63) is 0 Å². The topological polar surface area (TPSA) is 49.8 Å². The first-order valence-electron chi connectivity index (χ1n) is 5.11. The van der Waals surface area contributed by atoms with Crippen LogP contribution >= 0.6 is 0 Å². The Morgan fingerprint density at radius 2 is 2.07 bits per heavy atom. The molecule has 0 heterocycles. The molecule has 0 spiro atoms. The molecule has 4 heteroatoms. The van der Waals surface area contributed by atoms with Gasteiger partial charge in [-0.1, -0.05) is 6.92 Å². The second-order valence-corrected chi connectivity index (χ2v) is 3.57. The first-order valence-corrected chi connectivity index (χ1v) is 5.11. The zero-order valence-corrected chi connectivity index (χ0v) is 9.32. The number of hydrogen-bond donors (Lipinski definition) is 1. The van der Waals surface area contributed by atoms with Crippen molar-refractivity contribution in [2.45, 2.75) is 33.2 Å². The lowest BCUT2D eigenvalue weighted by atomic mass is 10.3. The maximum atomic E-state index is 10.5. The molecule has 0 atom stereocenters. The summed E-state index contributed by atoms with van der Waals surface area (Å²) in [6.07, 6.45) is 1.00. The first kappa shape index (κ1) is 13.4. The number of ether oxygens (including phenoxy) is 1. The minimum Gasteiger partial charge on any atom is -0.480 e. The molecule has 1 N–H and O–H groups in total. The van der Waals surface area contributed by atoms with Gasteiger partial charge in [-0.3, -0.25) is 9.69 Å². The average molecular weight is 203 g/mol. The average Bonchev–Trinajstić information content (AvgIpc) is 2.09. The van der Waals surface area contributed by atoms with E-state index in [1.165, 1.54) is 0 Å². The van der Waals surface area contributed by atoms with Crippen molar-refractivity contribution in [3.63, 3.8) is 0 Å². The molecule has 0 fully saturated rings. The van der Waals surface area contributed by atoms with Gasteiger partial charge in [0.25, 0.3) is 0 Å². The maximum absolute atomic E-state index is 10.5. The van der Waals surface area contributed by atoms with Gasteiger partial charge in [0.2, 0.25) is 0 Å². The van der Waals surface area contributed by atoms with Gasteiger partial charge in [0.05, 0.1) is 13.2 Å². The fourth-order valence-electron chi connectivity index (χ4n) is 1.12. The molecular weight excluding hydrogens is 182 g/mol. The van der Waals surface area contributed by atoms with Crippen LogP contribution in [-0.4, -0.2) is 48.3 Å². The van der Waals surface area contributed by atoms with Crippen LogP contribution in [0.1, 0.15) is 27.2 Å². The second kappa shape index (κ2) is 7.76. The van der Waals surface area contributed by atoms with Crippen LogP contribution in [0.5, 0.6) is 0 Å². The Balaban J connectivity index is 3.68. The second-order valence-electron chi connectivity index (χ2n) is 3.57. The van der Waals surface area contributed by atoms with Crippen LogP contribution in [0, 0.1) is 0 Å². The van der Waals surface area contributed by atoms with Crippen molar-refractivity contribution in [1.82, 2.24) is 4.90 Å². The third kappa shape index (κ3) is 6.86. The van der Waals surface area contributed by atoms with Crippen LogP contribution in [0.4, 0.5) is 0 Å². The molecule has 0 radical (unpaired) electrons. The zero-order chi connectivity index (χ0) is 11.0. The van der Waals surface area contributed by atoms with Gasteiger partial charge in [-0.05, 0) is 20.3 Å². The lowest BCUT2D eigenvalue weighted by molar-refractivity contribution is -0.139. The first-order chi connectivity index (χ1) is 6.57. The molecule has 0 aliphatic rings. The maximum Gasteiger partial charge on any atom is 0.317 e. The molecular formula is C10H21NO3. The van der Waals surface area contributed by atoms with Gasteiger partial charge in [-0.25, -0.2) is 0 Å². The van der Waals surface area contributed by atoms with Gasteiger partial charge in [-0.15, -0.1) is 0 Å². The molecule has 0 aromatic rings. The van der Waals surface area contributed by atoms with Crippen LogP contribution in [0.2, 0.25) is 0 Å². The third-order valence-corrected chi connectivity index (χ3v) is 1.94. The van der Waals surface area contributed by atoms with Crippen LogP contribution in [0.25, 0.3) is 0 Å². The van der Waals surface area contributed by atoms with Crippen molar-refractivity contribution in [2.24, 2.45) is 0 Å². The highest BCUT2D eigenvalue weighted by Gasteiger charge is 2.12. The molecule has 0 unspecified atom stereocenters. The van der Waals surface area contributed by atoms with Crippen molar-refractivity contribution in [2.75, 3.05) is 26.3 Å². The SMILES string of the molecule is CCCOCCN(CC(=O)O)C(C)C. The van der Waals surface area contributed by atoms with E-state index < -0.39 is 5.97 Å². The van der Waals surface area contributed by atoms with E-state index in [2.05, 4.69) is 6.92 Å². The summed E-state index contributed by atoms with van der Waals surface area (Å²) < 4.78 is 5.31. The van der Waals surface area contributed by atoms with Crippen LogP contribution in [-0.2, 0) is 9.53 Å². The summed E-state index contributed by atoms with van der Waals surface area (Å²) in [5.74, 6) is -0.783. The Bertz CT molecular complexity index is 159. The standard InChI is InChI=1S/C10H21NO3/c1-4-6-14-7-5-11(9(2)3)8-10(12)13/h9H,4-8H2,1-3H3,(H,12,13). The van der Waals surface area contributed by atoms with Gasteiger partial charge in [0.1, 0.15) is 0 Å². The fourth-order valence-corrected chi connectivity index (χ4v) is 1.12. The quantitative estimate of drug-likeness (QED) is 0.602. The van der Waals surface area contributed by atoms with E-state index in [4.69, 9.17) is 9.84 Å². The number of nitrogens with zero attached hydrogens (tertiary/aromatic N) is 1. The zero-order valence-electron chi connectivity index (χ0n) is 9.32. The number of carboxylic acid groups (broad SMARTS) is 1. The molecule has 0 saturated carbocycles. The summed E-state index contributed by atoms with van der Waals surface area (Å²) in [4.78, 5) is 12.4.